The number of aliphatic hydroxyl groups is 9. The molecule has 15 N–H and O–H groups in total. The summed E-state index contributed by atoms with van der Waals surface area (Å²) in [7, 11) is 0. The molecule has 0 spiro atoms. The van der Waals surface area contributed by atoms with Crippen LogP contribution in [0.1, 0.15) is 13.3 Å². The van der Waals surface area contributed by atoms with E-state index < -0.39 is 118 Å². The molecular weight excluding hydrogens is 540 g/mol. The van der Waals surface area contributed by atoms with E-state index in [-0.39, 0.29) is 13.0 Å². The van der Waals surface area contributed by atoms with Crippen LogP contribution in [-0.4, -0.2) is 177 Å². The van der Waals surface area contributed by atoms with Crippen LogP contribution in [0.15, 0.2) is 0 Å². The number of nitrogens with two attached hydrogens (primary N) is 2. The summed E-state index contributed by atoms with van der Waals surface area (Å²) in [5, 5.41) is 98.0. The van der Waals surface area contributed by atoms with Gasteiger partial charge in [0.15, 0.2) is 12.6 Å². The molecule has 17 nitrogen and oxygen atoms in total. The third kappa shape index (κ3) is 7.44. The van der Waals surface area contributed by atoms with Gasteiger partial charge in [-0.1, -0.05) is 6.92 Å². The van der Waals surface area contributed by atoms with Crippen molar-refractivity contribution in [2.75, 3.05) is 32.9 Å². The molecule has 2 saturated heterocycles. The average molecular weight is 587 g/mol. The van der Waals surface area contributed by atoms with Crippen LogP contribution >= 0.6 is 0 Å². The second-order valence-electron chi connectivity index (χ2n) is 10.5. The van der Waals surface area contributed by atoms with E-state index in [2.05, 4.69) is 10.6 Å². The van der Waals surface area contributed by atoms with Gasteiger partial charge in [-0.15, -0.1) is 0 Å². The molecule has 0 bridgehead atoms. The fourth-order valence-corrected chi connectivity index (χ4v) is 5.25. The Balaban J connectivity index is 1.83. The molecule has 17 heteroatoms. The standard InChI is InChI=1S/C23H46N4O13/c1-2-26-4-11-15(32)17(34)18(35)23(37-11)39-20-9(24)3-10(27-8(5-28)6-29)21(19(20)36)40-22-16(33)13(25)14(31)12(7-30)38-22/h8-23,26-36H,2-7,24-25H2,1H3/t9-,10+,11+,12+,13-,14+,15+,16+,17-,18+,19-,20+,21-,22+,23+/m0/s1. The van der Waals surface area contributed by atoms with E-state index >= 15 is 0 Å². The number of nitrogens with one attached hydrogen (secondary N) is 2. The Morgan fingerprint density at radius 1 is 0.775 bits per heavy atom. The molecule has 15 atom stereocenters. The quantitative estimate of drug-likeness (QED) is 0.101. The summed E-state index contributed by atoms with van der Waals surface area (Å²) in [6.45, 7) is 0.948. The van der Waals surface area contributed by atoms with Crippen molar-refractivity contribution in [1.82, 2.24) is 10.6 Å². The van der Waals surface area contributed by atoms with Crippen molar-refractivity contribution in [2.24, 2.45) is 11.5 Å². The Morgan fingerprint density at radius 3 is 1.98 bits per heavy atom. The van der Waals surface area contributed by atoms with Crippen LogP contribution in [0.2, 0.25) is 0 Å². The van der Waals surface area contributed by atoms with Crippen molar-refractivity contribution in [1.29, 1.82) is 0 Å². The molecule has 2 aliphatic heterocycles. The van der Waals surface area contributed by atoms with Crippen molar-refractivity contribution < 1.29 is 64.9 Å². The van der Waals surface area contributed by atoms with Gasteiger partial charge in [-0.05, 0) is 13.0 Å². The highest BCUT2D eigenvalue weighted by molar-refractivity contribution is 5.03. The lowest BCUT2D eigenvalue weighted by Gasteiger charge is -2.49. The molecule has 3 aliphatic rings. The predicted molar refractivity (Wildman–Crippen MR) is 134 cm³/mol. The topological polar surface area (TPSA) is 295 Å². The van der Waals surface area contributed by atoms with Gasteiger partial charge in [-0.25, -0.2) is 0 Å². The minimum Gasteiger partial charge on any atom is -0.395 e. The smallest absolute Gasteiger partial charge is 0.187 e. The van der Waals surface area contributed by atoms with E-state index in [0.717, 1.165) is 0 Å². The Hall–Kier alpha value is -0.680. The normalized spacial score (nSPS) is 46.6. The summed E-state index contributed by atoms with van der Waals surface area (Å²) in [5.74, 6) is 0. The number of likely N-dealkylation sites (N-methyl/N-ethyl adjacent to an activating group) is 1. The molecule has 3 rings (SSSR count). The van der Waals surface area contributed by atoms with E-state index in [0.29, 0.717) is 6.54 Å². The molecule has 0 unspecified atom stereocenters. The Morgan fingerprint density at radius 2 is 1.38 bits per heavy atom. The van der Waals surface area contributed by atoms with E-state index in [9.17, 15) is 46.0 Å². The van der Waals surface area contributed by atoms with Gasteiger partial charge in [0.1, 0.15) is 61.0 Å². The molecular formula is C23H46N4O13. The first-order chi connectivity index (χ1) is 19.0. The minimum absolute atomic E-state index is 0.0264. The Kier molecular flexibility index (Phi) is 12.8. The number of ether oxygens (including phenoxy) is 4. The van der Waals surface area contributed by atoms with Gasteiger partial charge in [0.05, 0.1) is 31.9 Å². The fourth-order valence-electron chi connectivity index (χ4n) is 5.25. The van der Waals surface area contributed by atoms with Crippen LogP contribution < -0.4 is 22.1 Å². The lowest BCUT2D eigenvalue weighted by molar-refractivity contribution is -0.333. The van der Waals surface area contributed by atoms with Crippen LogP contribution in [0.5, 0.6) is 0 Å². The third-order valence-electron chi connectivity index (χ3n) is 7.69. The average Bonchev–Trinajstić information content (AvgIpc) is 2.94. The molecule has 0 radical (unpaired) electrons. The maximum atomic E-state index is 11.4. The van der Waals surface area contributed by atoms with Crippen LogP contribution in [-0.2, 0) is 18.9 Å². The molecule has 2 heterocycles. The van der Waals surface area contributed by atoms with Crippen LogP contribution in [0.4, 0.5) is 0 Å². The lowest BCUT2D eigenvalue weighted by Crippen LogP contribution is -2.69. The summed E-state index contributed by atoms with van der Waals surface area (Å²) in [5.41, 5.74) is 12.2. The molecule has 40 heavy (non-hydrogen) atoms. The maximum Gasteiger partial charge on any atom is 0.187 e. The summed E-state index contributed by atoms with van der Waals surface area (Å²) >= 11 is 0. The summed E-state index contributed by atoms with van der Waals surface area (Å²) in [6, 6.07) is -3.85. The molecule has 1 saturated carbocycles. The number of aliphatic hydroxyl groups excluding tert-OH is 9. The Labute approximate surface area is 231 Å². The first kappa shape index (κ1) is 33.8. The van der Waals surface area contributed by atoms with Crippen molar-refractivity contribution >= 4 is 0 Å². The zero-order chi connectivity index (χ0) is 29.7. The van der Waals surface area contributed by atoms with Gasteiger partial charge >= 0.3 is 0 Å². The second kappa shape index (κ2) is 15.2. The predicted octanol–water partition coefficient (Wildman–Crippen LogP) is -7.66. The van der Waals surface area contributed by atoms with E-state index in [1.807, 2.05) is 6.92 Å². The van der Waals surface area contributed by atoms with Crippen molar-refractivity contribution in [3.05, 3.63) is 0 Å². The maximum absolute atomic E-state index is 11.4. The SMILES string of the molecule is CCNC[C@H]1O[C@H](O[C@H]2[C@H](O)[C@@H](O[C@H]3O[C@H](CO)[C@@H](O)[C@H](N)[C@H]3O)[C@H](NC(CO)CO)C[C@@H]2N)[C@H](O)[C@@H](O)[C@@H]1O. The van der Waals surface area contributed by atoms with Gasteiger partial charge in [0, 0.05) is 18.6 Å². The van der Waals surface area contributed by atoms with Crippen molar-refractivity contribution in [3.8, 4) is 0 Å². The number of hydrogen-bond donors (Lipinski definition) is 13. The van der Waals surface area contributed by atoms with Crippen LogP contribution in [0.25, 0.3) is 0 Å². The fraction of sp³-hybridized carbons (Fsp3) is 1.00. The molecule has 0 amide bonds. The van der Waals surface area contributed by atoms with Crippen LogP contribution in [0.3, 0.4) is 0 Å². The van der Waals surface area contributed by atoms with Crippen molar-refractivity contribution in [2.45, 2.75) is 111 Å². The molecule has 0 aromatic rings. The van der Waals surface area contributed by atoms with Gasteiger partial charge < -0.3 is 87.0 Å². The van der Waals surface area contributed by atoms with Gasteiger partial charge in [0.2, 0.25) is 0 Å². The third-order valence-corrected chi connectivity index (χ3v) is 7.69. The van der Waals surface area contributed by atoms with E-state index in [4.69, 9.17) is 30.4 Å². The molecule has 0 aromatic carbocycles. The first-order valence-electron chi connectivity index (χ1n) is 13.5. The highest BCUT2D eigenvalue weighted by Crippen LogP contribution is 2.32. The Bertz CT molecular complexity index is 756. The van der Waals surface area contributed by atoms with Crippen LogP contribution in [0, 0.1) is 0 Å². The largest absolute Gasteiger partial charge is 0.395 e. The monoisotopic (exact) mass is 586 g/mol. The van der Waals surface area contributed by atoms with E-state index in [1.54, 1.807) is 0 Å². The highest BCUT2D eigenvalue weighted by atomic mass is 16.7. The lowest BCUT2D eigenvalue weighted by atomic mass is 9.83. The first-order valence-corrected chi connectivity index (χ1v) is 13.5. The van der Waals surface area contributed by atoms with Crippen molar-refractivity contribution in [3.63, 3.8) is 0 Å². The van der Waals surface area contributed by atoms with E-state index in [1.165, 1.54) is 0 Å². The zero-order valence-corrected chi connectivity index (χ0v) is 22.3. The minimum atomic E-state index is -1.69. The molecule has 236 valence electrons. The summed E-state index contributed by atoms with van der Waals surface area (Å²) < 4.78 is 23.0. The second-order valence-corrected chi connectivity index (χ2v) is 10.5. The molecule has 1 aliphatic carbocycles. The highest BCUT2D eigenvalue weighted by Gasteiger charge is 2.52. The van der Waals surface area contributed by atoms with Gasteiger partial charge in [-0.2, -0.15) is 0 Å². The van der Waals surface area contributed by atoms with Gasteiger partial charge in [-0.3, -0.25) is 0 Å². The summed E-state index contributed by atoms with van der Waals surface area (Å²) in [6.07, 6.45) is -17.0. The number of hydrogen-bond acceptors (Lipinski definition) is 17. The summed E-state index contributed by atoms with van der Waals surface area (Å²) in [4.78, 5) is 0. The van der Waals surface area contributed by atoms with Gasteiger partial charge in [0.25, 0.3) is 0 Å². The molecule has 3 fully saturated rings. The zero-order valence-electron chi connectivity index (χ0n) is 22.3. The molecule has 0 aromatic heterocycles. The number of rotatable bonds is 12.